The number of non-ortho nitro benzene ring substituents is 1. The zero-order valence-corrected chi connectivity index (χ0v) is 14.7. The Labute approximate surface area is 150 Å². The van der Waals surface area contributed by atoms with Crippen LogP contribution in [-0.2, 0) is 11.2 Å². The molecule has 8 nitrogen and oxygen atoms in total. The van der Waals surface area contributed by atoms with Crippen LogP contribution in [0, 0.1) is 15.5 Å². The molecule has 0 fully saturated rings. The molecule has 8 heteroatoms. The van der Waals surface area contributed by atoms with Crippen LogP contribution in [0.1, 0.15) is 37.8 Å². The predicted octanol–water partition coefficient (Wildman–Crippen LogP) is 4.00. The SMILES string of the molecule is CCCCc1cc(=O)oc(Nc2ccc([N+](=O)[O-])cc2)c1C(=N)OCC. The highest BCUT2D eigenvalue weighted by Crippen LogP contribution is 2.26. The molecule has 138 valence electrons. The number of nitro groups is 1. The van der Waals surface area contributed by atoms with Crippen LogP contribution in [0.15, 0.2) is 39.5 Å². The van der Waals surface area contributed by atoms with E-state index in [1.54, 1.807) is 6.92 Å². The fourth-order valence-corrected chi connectivity index (χ4v) is 2.46. The Morgan fingerprint density at radius 3 is 2.58 bits per heavy atom. The van der Waals surface area contributed by atoms with Gasteiger partial charge in [-0.1, -0.05) is 13.3 Å². The highest BCUT2D eigenvalue weighted by molar-refractivity contribution is 5.98. The predicted molar refractivity (Wildman–Crippen MR) is 98.4 cm³/mol. The molecule has 0 atom stereocenters. The highest BCUT2D eigenvalue weighted by atomic mass is 16.6. The molecule has 0 saturated carbocycles. The van der Waals surface area contributed by atoms with Crippen molar-refractivity contribution in [2.24, 2.45) is 0 Å². The number of hydrogen-bond donors (Lipinski definition) is 2. The van der Waals surface area contributed by atoms with E-state index in [-0.39, 0.29) is 17.5 Å². The van der Waals surface area contributed by atoms with E-state index in [4.69, 9.17) is 14.6 Å². The number of nitrogens with one attached hydrogen (secondary N) is 2. The van der Waals surface area contributed by atoms with Crippen LogP contribution in [0.25, 0.3) is 0 Å². The number of hydrogen-bond acceptors (Lipinski definition) is 7. The van der Waals surface area contributed by atoms with E-state index in [9.17, 15) is 14.9 Å². The minimum Gasteiger partial charge on any atom is -0.478 e. The maximum Gasteiger partial charge on any atom is 0.337 e. The average Bonchev–Trinajstić information content (AvgIpc) is 2.60. The van der Waals surface area contributed by atoms with Gasteiger partial charge in [0.2, 0.25) is 11.8 Å². The molecule has 0 aliphatic rings. The number of nitro benzene ring substituents is 1. The van der Waals surface area contributed by atoms with E-state index in [2.05, 4.69) is 5.32 Å². The summed E-state index contributed by atoms with van der Waals surface area (Å²) in [5.74, 6) is 0.00247. The molecule has 0 aliphatic heterocycles. The Hall–Kier alpha value is -3.16. The Bertz CT molecular complexity index is 843. The van der Waals surface area contributed by atoms with Crippen LogP contribution in [0.3, 0.4) is 0 Å². The van der Waals surface area contributed by atoms with Crippen LogP contribution in [0.4, 0.5) is 17.3 Å². The summed E-state index contributed by atoms with van der Waals surface area (Å²) in [5, 5.41) is 21.8. The molecule has 1 aromatic heterocycles. The normalized spacial score (nSPS) is 10.4. The molecule has 0 saturated heterocycles. The van der Waals surface area contributed by atoms with Gasteiger partial charge in [-0.2, -0.15) is 0 Å². The molecular weight excluding hydrogens is 338 g/mol. The summed E-state index contributed by atoms with van der Waals surface area (Å²) in [4.78, 5) is 22.2. The first-order chi connectivity index (χ1) is 12.5. The van der Waals surface area contributed by atoms with Gasteiger partial charge >= 0.3 is 5.63 Å². The van der Waals surface area contributed by atoms with Crippen LogP contribution in [0.2, 0.25) is 0 Å². The molecule has 2 N–H and O–H groups in total. The summed E-state index contributed by atoms with van der Waals surface area (Å²) >= 11 is 0. The van der Waals surface area contributed by atoms with E-state index in [0.29, 0.717) is 29.8 Å². The largest absolute Gasteiger partial charge is 0.478 e. The van der Waals surface area contributed by atoms with Crippen LogP contribution >= 0.6 is 0 Å². The van der Waals surface area contributed by atoms with E-state index in [1.165, 1.54) is 30.3 Å². The molecule has 0 spiro atoms. The van der Waals surface area contributed by atoms with Gasteiger partial charge in [0.05, 0.1) is 11.5 Å². The molecule has 0 unspecified atom stereocenters. The zero-order chi connectivity index (χ0) is 19.1. The van der Waals surface area contributed by atoms with E-state index in [0.717, 1.165) is 12.8 Å². The van der Waals surface area contributed by atoms with Crippen molar-refractivity contribution in [1.82, 2.24) is 0 Å². The molecule has 1 aromatic carbocycles. The number of aryl methyl sites for hydroxylation is 1. The molecule has 2 rings (SSSR count). The van der Waals surface area contributed by atoms with Crippen molar-refractivity contribution in [3.63, 3.8) is 0 Å². The van der Waals surface area contributed by atoms with E-state index >= 15 is 0 Å². The lowest BCUT2D eigenvalue weighted by Gasteiger charge is -2.15. The van der Waals surface area contributed by atoms with Gasteiger partial charge in [-0.15, -0.1) is 0 Å². The third-order valence-electron chi connectivity index (χ3n) is 3.69. The van der Waals surface area contributed by atoms with E-state index in [1.807, 2.05) is 6.92 Å². The summed E-state index contributed by atoms with van der Waals surface area (Å²) in [6.45, 7) is 4.11. The first-order valence-corrected chi connectivity index (χ1v) is 8.36. The minimum absolute atomic E-state index is 0.0454. The topological polar surface area (TPSA) is 118 Å². The molecule has 0 amide bonds. The Kier molecular flexibility index (Phi) is 6.48. The van der Waals surface area contributed by atoms with Crippen molar-refractivity contribution in [2.45, 2.75) is 33.1 Å². The zero-order valence-electron chi connectivity index (χ0n) is 14.7. The Morgan fingerprint density at radius 2 is 2.00 bits per heavy atom. The fourth-order valence-electron chi connectivity index (χ4n) is 2.46. The number of unbranched alkanes of at least 4 members (excludes halogenated alkanes) is 1. The Morgan fingerprint density at radius 1 is 1.31 bits per heavy atom. The van der Waals surface area contributed by atoms with Crippen molar-refractivity contribution in [2.75, 3.05) is 11.9 Å². The number of benzene rings is 1. The quantitative estimate of drug-likeness (QED) is 0.318. The number of ether oxygens (including phenoxy) is 1. The summed E-state index contributed by atoms with van der Waals surface area (Å²) in [6.07, 6.45) is 2.40. The second-order valence-electron chi connectivity index (χ2n) is 5.59. The standard InChI is InChI=1S/C18H21N3O5/c1-3-5-6-12-11-15(22)26-18(16(12)17(19)25-4-2)20-13-7-9-14(10-8-13)21(23)24/h7-11,19-20H,3-6H2,1-2H3. The maximum atomic E-state index is 11.9. The van der Waals surface area contributed by atoms with Gasteiger partial charge in [-0.05, 0) is 37.5 Å². The summed E-state index contributed by atoms with van der Waals surface area (Å²) in [7, 11) is 0. The fraction of sp³-hybridized carbons (Fsp3) is 0.333. The second-order valence-corrected chi connectivity index (χ2v) is 5.59. The van der Waals surface area contributed by atoms with Gasteiger partial charge in [0, 0.05) is 23.9 Å². The van der Waals surface area contributed by atoms with Crippen LogP contribution < -0.4 is 10.9 Å². The van der Waals surface area contributed by atoms with Crippen molar-refractivity contribution in [1.29, 1.82) is 5.41 Å². The lowest BCUT2D eigenvalue weighted by atomic mass is 10.0. The van der Waals surface area contributed by atoms with Crippen LogP contribution in [-0.4, -0.2) is 17.4 Å². The molecule has 0 aliphatic carbocycles. The number of anilines is 2. The Balaban J connectivity index is 2.44. The van der Waals surface area contributed by atoms with Crippen LogP contribution in [0.5, 0.6) is 0 Å². The van der Waals surface area contributed by atoms with Gasteiger partial charge in [0.15, 0.2) is 0 Å². The minimum atomic E-state index is -0.534. The van der Waals surface area contributed by atoms with Crippen molar-refractivity contribution in [3.05, 3.63) is 62.0 Å². The van der Waals surface area contributed by atoms with E-state index < -0.39 is 10.5 Å². The summed E-state index contributed by atoms with van der Waals surface area (Å²) in [6, 6.07) is 7.07. The molecule has 2 aromatic rings. The third kappa shape index (κ3) is 4.69. The maximum absolute atomic E-state index is 11.9. The first kappa shape index (κ1) is 19.2. The van der Waals surface area contributed by atoms with Gasteiger partial charge < -0.3 is 14.5 Å². The lowest BCUT2D eigenvalue weighted by Crippen LogP contribution is -2.15. The molecule has 0 radical (unpaired) electrons. The summed E-state index contributed by atoms with van der Waals surface area (Å²) in [5.41, 5.74) is 0.977. The molecular formula is C18H21N3O5. The third-order valence-corrected chi connectivity index (χ3v) is 3.69. The smallest absolute Gasteiger partial charge is 0.337 e. The molecule has 26 heavy (non-hydrogen) atoms. The monoisotopic (exact) mass is 359 g/mol. The summed E-state index contributed by atoms with van der Waals surface area (Å²) < 4.78 is 10.6. The van der Waals surface area contributed by atoms with Crippen molar-refractivity contribution in [3.8, 4) is 0 Å². The van der Waals surface area contributed by atoms with Gasteiger partial charge in [0.25, 0.3) is 5.69 Å². The lowest BCUT2D eigenvalue weighted by molar-refractivity contribution is -0.384. The average molecular weight is 359 g/mol. The number of rotatable bonds is 8. The second kappa shape index (κ2) is 8.80. The number of nitrogens with zero attached hydrogens (tertiary/aromatic N) is 1. The first-order valence-electron chi connectivity index (χ1n) is 8.36. The molecule has 0 bridgehead atoms. The van der Waals surface area contributed by atoms with Crippen molar-refractivity contribution < 1.29 is 14.1 Å². The van der Waals surface area contributed by atoms with Gasteiger partial charge in [-0.3, -0.25) is 15.5 Å². The van der Waals surface area contributed by atoms with Gasteiger partial charge in [0.1, 0.15) is 5.56 Å². The highest BCUT2D eigenvalue weighted by Gasteiger charge is 2.19. The van der Waals surface area contributed by atoms with Crippen molar-refractivity contribution >= 4 is 23.2 Å². The molecule has 1 heterocycles. The van der Waals surface area contributed by atoms with Gasteiger partial charge in [-0.25, -0.2) is 4.79 Å².